The Labute approximate surface area is 103 Å². The summed E-state index contributed by atoms with van der Waals surface area (Å²) in [5, 5.41) is 0. The molecule has 0 aliphatic heterocycles. The van der Waals surface area contributed by atoms with Gasteiger partial charge in [-0.25, -0.2) is 0 Å². The van der Waals surface area contributed by atoms with Crippen molar-refractivity contribution in [2.75, 3.05) is 0 Å². The van der Waals surface area contributed by atoms with Gasteiger partial charge in [-0.1, -0.05) is 48.5 Å². The van der Waals surface area contributed by atoms with E-state index in [0.29, 0.717) is 5.92 Å². The van der Waals surface area contributed by atoms with Crippen LogP contribution in [-0.2, 0) is 12.8 Å². The summed E-state index contributed by atoms with van der Waals surface area (Å²) in [6.07, 6.45) is 3.74. The highest BCUT2D eigenvalue weighted by Crippen LogP contribution is 2.33. The van der Waals surface area contributed by atoms with Crippen LogP contribution in [0.5, 0.6) is 0 Å². The van der Waals surface area contributed by atoms with E-state index in [1.165, 1.54) is 30.4 Å². The lowest BCUT2D eigenvalue weighted by molar-refractivity contribution is 0.582. The summed E-state index contributed by atoms with van der Waals surface area (Å²) < 4.78 is 0. The van der Waals surface area contributed by atoms with Gasteiger partial charge in [0.05, 0.1) is 0 Å². The number of fused-ring (bicyclic) bond motifs is 1. The summed E-state index contributed by atoms with van der Waals surface area (Å²) in [6.45, 7) is 2.24. The fraction of sp³-hybridized carbons (Fsp3) is 0.294. The van der Waals surface area contributed by atoms with Crippen LogP contribution in [0, 0.1) is 6.92 Å². The summed E-state index contributed by atoms with van der Waals surface area (Å²) in [7, 11) is 0. The van der Waals surface area contributed by atoms with Crippen molar-refractivity contribution in [1.29, 1.82) is 0 Å². The molecular formula is C17H18. The maximum absolute atomic E-state index is 2.30. The van der Waals surface area contributed by atoms with Crippen molar-refractivity contribution in [1.82, 2.24) is 0 Å². The van der Waals surface area contributed by atoms with E-state index >= 15 is 0 Å². The number of rotatable bonds is 1. The maximum Gasteiger partial charge on any atom is -0.0118 e. The van der Waals surface area contributed by atoms with E-state index < -0.39 is 0 Å². The fourth-order valence-electron chi connectivity index (χ4n) is 2.98. The highest BCUT2D eigenvalue weighted by atomic mass is 14.2. The van der Waals surface area contributed by atoms with Gasteiger partial charge in [-0.2, -0.15) is 0 Å². The number of benzene rings is 2. The molecule has 0 radical (unpaired) electrons. The lowest BCUT2D eigenvalue weighted by atomic mass is 9.79. The van der Waals surface area contributed by atoms with Gasteiger partial charge in [0.2, 0.25) is 0 Å². The van der Waals surface area contributed by atoms with Crippen molar-refractivity contribution >= 4 is 0 Å². The zero-order chi connectivity index (χ0) is 11.7. The Morgan fingerprint density at radius 2 is 1.76 bits per heavy atom. The van der Waals surface area contributed by atoms with Gasteiger partial charge in [0, 0.05) is 0 Å². The average molecular weight is 222 g/mol. The topological polar surface area (TPSA) is 0 Å². The first-order valence-corrected chi connectivity index (χ1v) is 6.47. The second-order valence-corrected chi connectivity index (χ2v) is 5.06. The number of aryl methyl sites for hydroxylation is 2. The predicted octanol–water partition coefficient (Wildman–Crippen LogP) is 4.27. The number of hydrogen-bond acceptors (Lipinski definition) is 0. The molecule has 2 aromatic rings. The van der Waals surface area contributed by atoms with Crippen molar-refractivity contribution in [2.24, 2.45) is 0 Å². The van der Waals surface area contributed by atoms with Gasteiger partial charge >= 0.3 is 0 Å². The Bertz CT molecular complexity index is 511. The molecule has 3 rings (SSSR count). The lowest BCUT2D eigenvalue weighted by Crippen LogP contribution is -2.13. The molecule has 1 atom stereocenters. The van der Waals surface area contributed by atoms with Crippen molar-refractivity contribution in [3.8, 4) is 0 Å². The molecule has 0 aromatic heterocycles. The lowest BCUT2D eigenvalue weighted by Gasteiger charge is -2.26. The van der Waals surface area contributed by atoms with Crippen LogP contribution in [0.1, 0.15) is 34.6 Å². The van der Waals surface area contributed by atoms with Crippen LogP contribution >= 0.6 is 0 Å². The quantitative estimate of drug-likeness (QED) is 0.676. The summed E-state index contributed by atoms with van der Waals surface area (Å²) in [5.41, 5.74) is 6.12. The average Bonchev–Trinajstić information content (AvgIpc) is 2.40. The van der Waals surface area contributed by atoms with Crippen molar-refractivity contribution < 1.29 is 0 Å². The third kappa shape index (κ3) is 2.00. The van der Waals surface area contributed by atoms with Gasteiger partial charge in [-0.3, -0.25) is 0 Å². The Morgan fingerprint density at radius 3 is 2.59 bits per heavy atom. The third-order valence-corrected chi connectivity index (χ3v) is 3.99. The monoisotopic (exact) mass is 222 g/mol. The molecule has 0 nitrogen and oxygen atoms in total. The minimum Gasteiger partial charge on any atom is -0.0622 e. The minimum absolute atomic E-state index is 0.713. The predicted molar refractivity (Wildman–Crippen MR) is 72.4 cm³/mol. The second-order valence-electron chi connectivity index (χ2n) is 5.06. The molecule has 2 aromatic carbocycles. The molecular weight excluding hydrogens is 204 g/mol. The minimum atomic E-state index is 0.713. The van der Waals surface area contributed by atoms with Gasteiger partial charge in [0.15, 0.2) is 0 Å². The van der Waals surface area contributed by atoms with E-state index in [0.717, 1.165) is 0 Å². The van der Waals surface area contributed by atoms with Crippen LogP contribution in [0.15, 0.2) is 48.5 Å². The zero-order valence-corrected chi connectivity index (χ0v) is 10.3. The molecule has 1 unspecified atom stereocenters. The van der Waals surface area contributed by atoms with E-state index in [2.05, 4.69) is 55.5 Å². The first kappa shape index (κ1) is 10.6. The van der Waals surface area contributed by atoms with Crippen LogP contribution in [0.2, 0.25) is 0 Å². The van der Waals surface area contributed by atoms with Gasteiger partial charge < -0.3 is 0 Å². The van der Waals surface area contributed by atoms with E-state index in [1.54, 1.807) is 11.1 Å². The fourth-order valence-corrected chi connectivity index (χ4v) is 2.98. The van der Waals surface area contributed by atoms with Crippen LogP contribution < -0.4 is 0 Å². The Kier molecular flexibility index (Phi) is 2.72. The highest BCUT2D eigenvalue weighted by Gasteiger charge is 2.20. The van der Waals surface area contributed by atoms with Crippen molar-refractivity contribution in [3.63, 3.8) is 0 Å². The van der Waals surface area contributed by atoms with Crippen LogP contribution in [0.25, 0.3) is 0 Å². The molecule has 0 saturated heterocycles. The molecule has 0 spiro atoms. The molecule has 17 heavy (non-hydrogen) atoms. The normalized spacial score (nSPS) is 18.8. The molecule has 0 amide bonds. The standard InChI is InChI=1S/C17H18/c1-13-6-5-9-15-10-11-16(12-17(13)15)14-7-3-2-4-8-14/h2-9,16H,10-12H2,1H3. The number of hydrogen-bond donors (Lipinski definition) is 0. The van der Waals surface area contributed by atoms with Crippen LogP contribution in [0.3, 0.4) is 0 Å². The van der Waals surface area contributed by atoms with Crippen molar-refractivity contribution in [2.45, 2.75) is 32.1 Å². The van der Waals surface area contributed by atoms with E-state index in [4.69, 9.17) is 0 Å². The van der Waals surface area contributed by atoms with E-state index in [9.17, 15) is 0 Å². The summed E-state index contributed by atoms with van der Waals surface area (Å²) in [6, 6.07) is 17.7. The summed E-state index contributed by atoms with van der Waals surface area (Å²) >= 11 is 0. The molecule has 0 heterocycles. The highest BCUT2D eigenvalue weighted by molar-refractivity contribution is 5.39. The largest absolute Gasteiger partial charge is 0.0622 e. The summed E-state index contributed by atoms with van der Waals surface area (Å²) in [4.78, 5) is 0. The molecule has 1 aliphatic rings. The molecule has 0 saturated carbocycles. The molecule has 1 aliphatic carbocycles. The first-order valence-electron chi connectivity index (χ1n) is 6.47. The van der Waals surface area contributed by atoms with Gasteiger partial charge in [0.25, 0.3) is 0 Å². The van der Waals surface area contributed by atoms with Gasteiger partial charge in [-0.15, -0.1) is 0 Å². The smallest absolute Gasteiger partial charge is 0.0118 e. The maximum atomic E-state index is 2.30. The zero-order valence-electron chi connectivity index (χ0n) is 10.3. The third-order valence-electron chi connectivity index (χ3n) is 3.99. The SMILES string of the molecule is Cc1cccc2c1CC(c1ccccc1)CC2. The van der Waals surface area contributed by atoms with Crippen molar-refractivity contribution in [3.05, 3.63) is 70.8 Å². The van der Waals surface area contributed by atoms with Crippen LogP contribution in [0.4, 0.5) is 0 Å². The van der Waals surface area contributed by atoms with Crippen LogP contribution in [-0.4, -0.2) is 0 Å². The van der Waals surface area contributed by atoms with Gasteiger partial charge in [0.1, 0.15) is 0 Å². The summed E-state index contributed by atoms with van der Waals surface area (Å²) in [5.74, 6) is 0.713. The Hall–Kier alpha value is -1.56. The molecule has 0 heteroatoms. The van der Waals surface area contributed by atoms with E-state index in [1.807, 2.05) is 0 Å². The molecule has 86 valence electrons. The molecule has 0 N–H and O–H groups in total. The van der Waals surface area contributed by atoms with E-state index in [-0.39, 0.29) is 0 Å². The Morgan fingerprint density at radius 1 is 0.941 bits per heavy atom. The first-order chi connectivity index (χ1) is 8.34. The molecule has 0 fully saturated rings. The second kappa shape index (κ2) is 4.37. The Balaban J connectivity index is 1.93. The van der Waals surface area contributed by atoms with Gasteiger partial charge in [-0.05, 0) is 54.4 Å². The molecule has 0 bridgehead atoms.